The fourth-order valence-electron chi connectivity index (χ4n) is 2.10. The molecule has 0 atom stereocenters. The Morgan fingerprint density at radius 3 is 2.52 bits per heavy atom. The molecule has 0 aliphatic carbocycles. The van der Waals surface area contributed by atoms with Gasteiger partial charge in [0, 0.05) is 16.5 Å². The molecule has 0 aliphatic rings. The minimum Gasteiger partial charge on any atom is -0.508 e. The van der Waals surface area contributed by atoms with Gasteiger partial charge in [-0.2, -0.15) is 0 Å². The van der Waals surface area contributed by atoms with E-state index in [1.165, 1.54) is 12.7 Å². The third-order valence-corrected chi connectivity index (χ3v) is 4.02. The first-order valence-electron chi connectivity index (χ1n) is 6.75. The Morgan fingerprint density at radius 1 is 1.14 bits per heavy atom. The Morgan fingerprint density at radius 2 is 1.86 bits per heavy atom. The van der Waals surface area contributed by atoms with E-state index in [0.717, 1.165) is 29.5 Å². The highest BCUT2D eigenvalue weighted by Crippen LogP contribution is 2.31. The number of aromatic hydroxyl groups is 2. The van der Waals surface area contributed by atoms with E-state index in [1.807, 2.05) is 12.1 Å². The second kappa shape index (κ2) is 7.33. The fraction of sp³-hybridized carbons (Fsp3) is 0.250. The number of hydrogen-bond donors (Lipinski definition) is 3. The quantitative estimate of drug-likeness (QED) is 0.698. The molecule has 0 unspecified atom stereocenters. The Labute approximate surface area is 132 Å². The first-order chi connectivity index (χ1) is 10.1. The second-order valence-electron chi connectivity index (χ2n) is 4.81. The van der Waals surface area contributed by atoms with E-state index in [9.17, 15) is 10.2 Å². The van der Waals surface area contributed by atoms with E-state index < -0.39 is 0 Å². The maximum Gasteiger partial charge on any atom is 0.161 e. The summed E-state index contributed by atoms with van der Waals surface area (Å²) in [7, 11) is 1.53. The second-order valence-corrected chi connectivity index (χ2v) is 5.67. The van der Waals surface area contributed by atoms with Crippen molar-refractivity contribution in [3.63, 3.8) is 0 Å². The van der Waals surface area contributed by atoms with Gasteiger partial charge in [0.05, 0.1) is 13.7 Å². The van der Waals surface area contributed by atoms with Crippen molar-refractivity contribution >= 4 is 15.9 Å². The van der Waals surface area contributed by atoms with Crippen molar-refractivity contribution in [2.24, 2.45) is 0 Å². The van der Waals surface area contributed by atoms with Crippen LogP contribution in [0.4, 0.5) is 0 Å². The van der Waals surface area contributed by atoms with E-state index in [4.69, 9.17) is 4.74 Å². The molecule has 5 heteroatoms. The van der Waals surface area contributed by atoms with Crippen molar-refractivity contribution < 1.29 is 20.3 Å². The molecule has 112 valence electrons. The van der Waals surface area contributed by atoms with Gasteiger partial charge in [-0.3, -0.25) is 0 Å². The van der Waals surface area contributed by atoms with Crippen molar-refractivity contribution in [2.45, 2.75) is 13.0 Å². The van der Waals surface area contributed by atoms with Crippen LogP contribution in [0.15, 0.2) is 40.9 Å². The summed E-state index contributed by atoms with van der Waals surface area (Å²) in [6.07, 6.45) is 0.931. The number of rotatable bonds is 6. The van der Waals surface area contributed by atoms with Gasteiger partial charge in [0.15, 0.2) is 11.5 Å². The van der Waals surface area contributed by atoms with Crippen LogP contribution >= 0.6 is 15.9 Å². The normalized spacial score (nSPS) is 10.6. The van der Waals surface area contributed by atoms with Gasteiger partial charge in [0.2, 0.25) is 0 Å². The molecule has 4 nitrogen and oxygen atoms in total. The monoisotopic (exact) mass is 352 g/mol. The molecule has 0 radical (unpaired) electrons. The number of halogens is 1. The molecule has 2 rings (SSSR count). The van der Waals surface area contributed by atoms with Crippen molar-refractivity contribution in [2.75, 3.05) is 13.7 Å². The Bertz CT molecular complexity index is 599. The van der Waals surface area contributed by atoms with Crippen molar-refractivity contribution in [1.29, 1.82) is 0 Å². The molecular formula is C16H19BrNO3+. The van der Waals surface area contributed by atoms with E-state index in [0.29, 0.717) is 11.5 Å². The Balaban J connectivity index is 1.86. The lowest BCUT2D eigenvalue weighted by atomic mass is 10.1. The number of ether oxygens (including phenoxy) is 1. The predicted molar refractivity (Wildman–Crippen MR) is 84.7 cm³/mol. The number of phenolic OH excluding ortho intramolecular Hbond substituents is 2. The molecule has 0 amide bonds. The molecule has 0 fully saturated rings. The van der Waals surface area contributed by atoms with E-state index in [-0.39, 0.29) is 5.75 Å². The molecule has 21 heavy (non-hydrogen) atoms. The zero-order valence-corrected chi connectivity index (χ0v) is 13.4. The highest BCUT2D eigenvalue weighted by Gasteiger charge is 2.09. The molecule has 0 aliphatic heterocycles. The average molecular weight is 353 g/mol. The Hall–Kier alpha value is -1.72. The van der Waals surface area contributed by atoms with Crippen LogP contribution in [0.3, 0.4) is 0 Å². The smallest absolute Gasteiger partial charge is 0.161 e. The summed E-state index contributed by atoms with van der Waals surface area (Å²) >= 11 is 3.49. The standard InChI is InChI=1S/C16H18BrNO3/c1-21-16-9-14(17)12(8-15(16)20)10-18-7-6-11-2-4-13(19)5-3-11/h2-5,8-9,18-20H,6-7,10H2,1H3/p+1. The van der Waals surface area contributed by atoms with E-state index >= 15 is 0 Å². The predicted octanol–water partition coefficient (Wildman–Crippen LogP) is 2.18. The zero-order valence-electron chi connectivity index (χ0n) is 11.8. The van der Waals surface area contributed by atoms with Crippen LogP contribution in [0.5, 0.6) is 17.2 Å². The first kappa shape index (κ1) is 15.7. The van der Waals surface area contributed by atoms with Gasteiger partial charge in [0.1, 0.15) is 12.3 Å². The molecule has 0 heterocycles. The van der Waals surface area contributed by atoms with Gasteiger partial charge in [-0.25, -0.2) is 0 Å². The van der Waals surface area contributed by atoms with Gasteiger partial charge in [-0.15, -0.1) is 0 Å². The number of methoxy groups -OCH3 is 1. The van der Waals surface area contributed by atoms with Gasteiger partial charge >= 0.3 is 0 Å². The molecule has 0 spiro atoms. The Kier molecular flexibility index (Phi) is 5.47. The molecule has 0 aromatic heterocycles. The van der Waals surface area contributed by atoms with Crippen LogP contribution in [-0.2, 0) is 13.0 Å². The van der Waals surface area contributed by atoms with Crippen molar-refractivity contribution in [1.82, 2.24) is 0 Å². The van der Waals surface area contributed by atoms with Crippen molar-refractivity contribution in [3.05, 3.63) is 52.0 Å². The number of hydrogen-bond acceptors (Lipinski definition) is 3. The first-order valence-corrected chi connectivity index (χ1v) is 7.54. The van der Waals surface area contributed by atoms with Crippen molar-refractivity contribution in [3.8, 4) is 17.2 Å². The number of benzene rings is 2. The van der Waals surface area contributed by atoms with Gasteiger partial charge < -0.3 is 20.3 Å². The summed E-state index contributed by atoms with van der Waals surface area (Å²) in [6, 6.07) is 10.8. The van der Waals surface area contributed by atoms with Gasteiger partial charge in [-0.1, -0.05) is 28.1 Å². The topological polar surface area (TPSA) is 66.3 Å². The molecule has 0 bridgehead atoms. The molecule has 2 aromatic rings. The zero-order chi connectivity index (χ0) is 15.2. The molecule has 2 aromatic carbocycles. The maximum atomic E-state index is 9.79. The third-order valence-electron chi connectivity index (χ3n) is 3.29. The van der Waals surface area contributed by atoms with E-state index in [1.54, 1.807) is 24.3 Å². The van der Waals surface area contributed by atoms with Crippen LogP contribution in [0.2, 0.25) is 0 Å². The number of nitrogens with two attached hydrogens (primary N) is 1. The van der Waals surface area contributed by atoms with Crippen LogP contribution in [0.25, 0.3) is 0 Å². The summed E-state index contributed by atoms with van der Waals surface area (Å²) in [6.45, 7) is 1.71. The number of phenols is 2. The van der Waals surface area contributed by atoms with Gasteiger partial charge in [-0.05, 0) is 29.8 Å². The van der Waals surface area contributed by atoms with Crippen LogP contribution in [0, 0.1) is 0 Å². The van der Waals surface area contributed by atoms with E-state index in [2.05, 4.69) is 21.2 Å². The lowest BCUT2D eigenvalue weighted by molar-refractivity contribution is -0.670. The SMILES string of the molecule is COc1cc(Br)c(C[NH2+]CCc2ccc(O)cc2)cc1O. The lowest BCUT2D eigenvalue weighted by Gasteiger charge is -2.08. The maximum absolute atomic E-state index is 9.79. The molecule has 4 N–H and O–H groups in total. The van der Waals surface area contributed by atoms with Crippen LogP contribution in [0.1, 0.15) is 11.1 Å². The highest BCUT2D eigenvalue weighted by molar-refractivity contribution is 9.10. The minimum atomic E-state index is 0.155. The minimum absolute atomic E-state index is 0.155. The largest absolute Gasteiger partial charge is 0.508 e. The molecule has 0 saturated heterocycles. The lowest BCUT2D eigenvalue weighted by Crippen LogP contribution is -2.83. The highest BCUT2D eigenvalue weighted by atomic mass is 79.9. The van der Waals surface area contributed by atoms with Gasteiger partial charge in [0.25, 0.3) is 0 Å². The summed E-state index contributed by atoms with van der Waals surface area (Å²) in [5.74, 6) is 0.915. The molecule has 0 saturated carbocycles. The third kappa shape index (κ3) is 4.37. The fourth-order valence-corrected chi connectivity index (χ4v) is 2.58. The van der Waals surface area contributed by atoms with Crippen LogP contribution in [-0.4, -0.2) is 23.9 Å². The summed E-state index contributed by atoms with van der Waals surface area (Å²) in [4.78, 5) is 0. The molecular weight excluding hydrogens is 334 g/mol. The summed E-state index contributed by atoms with van der Waals surface area (Å²) in [5, 5.41) is 21.2. The summed E-state index contributed by atoms with van der Waals surface area (Å²) in [5.41, 5.74) is 2.22. The number of quaternary nitrogens is 1. The summed E-state index contributed by atoms with van der Waals surface area (Å²) < 4.78 is 5.99. The van der Waals surface area contributed by atoms with Crippen LogP contribution < -0.4 is 10.1 Å². The average Bonchev–Trinajstić information content (AvgIpc) is 2.48.